The smallest absolute Gasteiger partial charge is 0.410 e. The normalized spacial score (nSPS) is 21.0. The van der Waals surface area contributed by atoms with E-state index in [-0.39, 0.29) is 18.0 Å². The SMILES string of the molecule is CC(C)(C)OC(=O)N1CCC(N2C(=O)CNc3ccccc32)C1. The number of hydrogen-bond donors (Lipinski definition) is 1. The summed E-state index contributed by atoms with van der Waals surface area (Å²) in [6.07, 6.45) is 0.454. The maximum atomic E-state index is 12.4. The number of benzene rings is 1. The van der Waals surface area contributed by atoms with Gasteiger partial charge in [0.15, 0.2) is 0 Å². The van der Waals surface area contributed by atoms with E-state index in [1.807, 2.05) is 49.9 Å². The van der Waals surface area contributed by atoms with E-state index in [0.717, 1.165) is 17.8 Å². The maximum Gasteiger partial charge on any atom is 0.410 e. The Balaban J connectivity index is 1.74. The summed E-state index contributed by atoms with van der Waals surface area (Å²) < 4.78 is 5.42. The Bertz CT molecular complexity index is 624. The highest BCUT2D eigenvalue weighted by Gasteiger charge is 2.37. The van der Waals surface area contributed by atoms with Gasteiger partial charge in [-0.3, -0.25) is 4.79 Å². The van der Waals surface area contributed by atoms with E-state index < -0.39 is 5.60 Å². The van der Waals surface area contributed by atoms with Gasteiger partial charge >= 0.3 is 6.09 Å². The van der Waals surface area contributed by atoms with Gasteiger partial charge in [-0.1, -0.05) is 12.1 Å². The predicted octanol–water partition coefficient (Wildman–Crippen LogP) is 2.45. The number of nitrogens with one attached hydrogen (secondary N) is 1. The molecule has 0 saturated carbocycles. The van der Waals surface area contributed by atoms with Crippen LogP contribution in [-0.4, -0.2) is 48.2 Å². The van der Waals surface area contributed by atoms with Crippen LogP contribution < -0.4 is 10.2 Å². The number of hydrogen-bond acceptors (Lipinski definition) is 4. The molecule has 0 spiro atoms. The topological polar surface area (TPSA) is 61.9 Å². The second kappa shape index (κ2) is 5.76. The van der Waals surface area contributed by atoms with Crippen LogP contribution in [0.25, 0.3) is 0 Å². The summed E-state index contributed by atoms with van der Waals surface area (Å²) in [5.41, 5.74) is 1.34. The quantitative estimate of drug-likeness (QED) is 0.864. The molecule has 1 saturated heterocycles. The second-order valence-electron chi connectivity index (χ2n) is 7.00. The average molecular weight is 317 g/mol. The summed E-state index contributed by atoms with van der Waals surface area (Å²) in [6.45, 7) is 6.98. The third-order valence-electron chi connectivity index (χ3n) is 4.04. The van der Waals surface area contributed by atoms with Crippen LogP contribution in [0, 0.1) is 0 Å². The Morgan fingerprint density at radius 1 is 1.30 bits per heavy atom. The summed E-state index contributed by atoms with van der Waals surface area (Å²) in [5.74, 6) is 0.0414. The molecule has 2 amide bonds. The van der Waals surface area contributed by atoms with Crippen LogP contribution in [0.2, 0.25) is 0 Å². The van der Waals surface area contributed by atoms with E-state index in [1.54, 1.807) is 4.90 Å². The number of carbonyl (C=O) groups is 2. The molecule has 6 nitrogen and oxygen atoms in total. The molecule has 124 valence electrons. The van der Waals surface area contributed by atoms with E-state index in [0.29, 0.717) is 19.6 Å². The molecule has 1 aromatic rings. The predicted molar refractivity (Wildman–Crippen MR) is 88.6 cm³/mol. The van der Waals surface area contributed by atoms with E-state index >= 15 is 0 Å². The fourth-order valence-electron chi connectivity index (χ4n) is 3.07. The van der Waals surface area contributed by atoms with Crippen molar-refractivity contribution in [3.05, 3.63) is 24.3 Å². The minimum atomic E-state index is -0.507. The molecule has 2 aliphatic rings. The highest BCUT2D eigenvalue weighted by Crippen LogP contribution is 2.33. The van der Waals surface area contributed by atoms with E-state index in [4.69, 9.17) is 4.74 Å². The fourth-order valence-corrected chi connectivity index (χ4v) is 3.07. The average Bonchev–Trinajstić information content (AvgIpc) is 2.95. The van der Waals surface area contributed by atoms with Gasteiger partial charge < -0.3 is 19.9 Å². The van der Waals surface area contributed by atoms with Crippen LogP contribution >= 0.6 is 0 Å². The summed E-state index contributed by atoms with van der Waals surface area (Å²) >= 11 is 0. The van der Waals surface area contributed by atoms with Crippen LogP contribution in [0.15, 0.2) is 24.3 Å². The molecule has 2 heterocycles. The highest BCUT2D eigenvalue weighted by atomic mass is 16.6. The number of ether oxygens (including phenoxy) is 1. The lowest BCUT2D eigenvalue weighted by Gasteiger charge is -2.34. The Labute approximate surface area is 136 Å². The number of anilines is 2. The Morgan fingerprint density at radius 3 is 2.78 bits per heavy atom. The molecule has 3 rings (SSSR count). The minimum absolute atomic E-state index is 0.00160. The first-order valence-corrected chi connectivity index (χ1v) is 7.98. The van der Waals surface area contributed by atoms with Crippen molar-refractivity contribution in [2.75, 3.05) is 29.9 Å². The largest absolute Gasteiger partial charge is 0.444 e. The van der Waals surface area contributed by atoms with Crippen molar-refractivity contribution < 1.29 is 14.3 Å². The molecule has 0 aliphatic carbocycles. The summed E-state index contributed by atoms with van der Waals surface area (Å²) in [5, 5.41) is 3.13. The highest BCUT2D eigenvalue weighted by molar-refractivity contribution is 6.03. The first kappa shape index (κ1) is 15.6. The minimum Gasteiger partial charge on any atom is -0.444 e. The zero-order chi connectivity index (χ0) is 16.6. The summed E-state index contributed by atoms with van der Waals surface area (Å²) in [7, 11) is 0. The zero-order valence-electron chi connectivity index (χ0n) is 13.8. The van der Waals surface area contributed by atoms with Crippen LogP contribution in [0.1, 0.15) is 27.2 Å². The van der Waals surface area contributed by atoms with Gasteiger partial charge in [-0.25, -0.2) is 4.79 Å². The Hall–Kier alpha value is -2.24. The van der Waals surface area contributed by atoms with Crippen molar-refractivity contribution >= 4 is 23.4 Å². The number of rotatable bonds is 1. The molecule has 2 aliphatic heterocycles. The van der Waals surface area contributed by atoms with Gasteiger partial charge in [-0.05, 0) is 39.3 Å². The number of nitrogens with zero attached hydrogens (tertiary/aromatic N) is 2. The van der Waals surface area contributed by atoms with E-state index in [9.17, 15) is 9.59 Å². The number of carbonyl (C=O) groups excluding carboxylic acids is 2. The lowest BCUT2D eigenvalue weighted by atomic mass is 10.1. The van der Waals surface area contributed by atoms with Crippen molar-refractivity contribution in [3.8, 4) is 0 Å². The van der Waals surface area contributed by atoms with Crippen molar-refractivity contribution in [1.82, 2.24) is 4.90 Å². The van der Waals surface area contributed by atoms with Crippen molar-refractivity contribution in [3.63, 3.8) is 0 Å². The number of amides is 2. The molecule has 0 bridgehead atoms. The Morgan fingerprint density at radius 2 is 2.04 bits per heavy atom. The summed E-state index contributed by atoms with van der Waals surface area (Å²) in [4.78, 5) is 28.1. The zero-order valence-corrected chi connectivity index (χ0v) is 13.8. The molecule has 1 aromatic carbocycles. The first-order chi connectivity index (χ1) is 10.8. The van der Waals surface area contributed by atoms with Crippen molar-refractivity contribution in [2.45, 2.75) is 38.8 Å². The molecule has 1 N–H and O–H groups in total. The molecular weight excluding hydrogens is 294 g/mol. The lowest BCUT2D eigenvalue weighted by molar-refractivity contribution is -0.117. The van der Waals surface area contributed by atoms with Gasteiger partial charge in [0, 0.05) is 13.1 Å². The third kappa shape index (κ3) is 3.25. The van der Waals surface area contributed by atoms with Gasteiger partial charge in [0.2, 0.25) is 5.91 Å². The van der Waals surface area contributed by atoms with E-state index in [1.165, 1.54) is 0 Å². The molecule has 1 unspecified atom stereocenters. The number of likely N-dealkylation sites (tertiary alicyclic amines) is 1. The Kier molecular flexibility index (Phi) is 3.92. The van der Waals surface area contributed by atoms with Gasteiger partial charge in [0.05, 0.1) is 24.0 Å². The third-order valence-corrected chi connectivity index (χ3v) is 4.04. The molecule has 0 radical (unpaired) electrons. The maximum absolute atomic E-state index is 12.4. The molecule has 23 heavy (non-hydrogen) atoms. The van der Waals surface area contributed by atoms with Crippen LogP contribution in [0.4, 0.5) is 16.2 Å². The number of para-hydroxylation sites is 2. The van der Waals surface area contributed by atoms with Gasteiger partial charge in [-0.15, -0.1) is 0 Å². The second-order valence-corrected chi connectivity index (χ2v) is 7.00. The molecule has 0 aromatic heterocycles. The fraction of sp³-hybridized carbons (Fsp3) is 0.529. The van der Waals surface area contributed by atoms with Gasteiger partial charge in [0.25, 0.3) is 0 Å². The summed E-state index contributed by atoms with van der Waals surface area (Å²) in [6, 6.07) is 7.78. The van der Waals surface area contributed by atoms with Crippen LogP contribution in [0.3, 0.4) is 0 Å². The van der Waals surface area contributed by atoms with Crippen LogP contribution in [-0.2, 0) is 9.53 Å². The lowest BCUT2D eigenvalue weighted by Crippen LogP contribution is -2.48. The van der Waals surface area contributed by atoms with Gasteiger partial charge in [-0.2, -0.15) is 0 Å². The molecular formula is C17H23N3O3. The van der Waals surface area contributed by atoms with Crippen LogP contribution in [0.5, 0.6) is 0 Å². The van der Waals surface area contributed by atoms with E-state index in [2.05, 4.69) is 5.32 Å². The number of fused-ring (bicyclic) bond motifs is 1. The molecule has 1 fully saturated rings. The van der Waals surface area contributed by atoms with Crippen molar-refractivity contribution in [1.29, 1.82) is 0 Å². The monoisotopic (exact) mass is 317 g/mol. The standard InChI is InChI=1S/C17H23N3O3/c1-17(2,3)23-16(22)19-9-8-12(11-19)20-14-7-5-4-6-13(14)18-10-15(20)21/h4-7,12,18H,8-11H2,1-3H3. The molecule has 6 heteroatoms. The van der Waals surface area contributed by atoms with Gasteiger partial charge in [0.1, 0.15) is 5.60 Å². The molecule has 1 atom stereocenters. The van der Waals surface area contributed by atoms with Crippen molar-refractivity contribution in [2.24, 2.45) is 0 Å². The first-order valence-electron chi connectivity index (χ1n) is 7.98.